The van der Waals surface area contributed by atoms with Crippen molar-refractivity contribution in [1.82, 2.24) is 5.32 Å². The molecular formula is C17H25ClN2O4S. The summed E-state index contributed by atoms with van der Waals surface area (Å²) in [5, 5.41) is 12.6. The van der Waals surface area contributed by atoms with E-state index in [4.69, 9.17) is 11.6 Å². The first-order valence-electron chi connectivity index (χ1n) is 8.51. The third-order valence-corrected chi connectivity index (χ3v) is 6.85. The smallest absolute Gasteiger partial charge is 0.251 e. The van der Waals surface area contributed by atoms with E-state index in [2.05, 4.69) is 5.32 Å². The lowest BCUT2D eigenvalue weighted by Crippen LogP contribution is -2.42. The molecule has 1 heterocycles. The molecule has 1 fully saturated rings. The van der Waals surface area contributed by atoms with Crippen LogP contribution in [0.15, 0.2) is 18.2 Å². The number of sulfonamides is 1. The first kappa shape index (κ1) is 20.0. The van der Waals surface area contributed by atoms with Gasteiger partial charge in [0.1, 0.15) is 0 Å². The molecule has 25 heavy (non-hydrogen) atoms. The van der Waals surface area contributed by atoms with E-state index in [1.54, 1.807) is 6.07 Å². The van der Waals surface area contributed by atoms with Gasteiger partial charge in [-0.1, -0.05) is 31.9 Å². The lowest BCUT2D eigenvalue weighted by molar-refractivity contribution is 0.0891. The minimum absolute atomic E-state index is 0.0837. The fraction of sp³-hybridized carbons (Fsp3) is 0.588. The molecule has 6 nitrogen and oxygen atoms in total. The molecule has 1 amide bonds. The standard InChI is InChI=1S/C17H25ClN2O4S/c1-3-12(2)15(11-21)19-17(22)13-6-7-14(18)16(10-13)20-8-4-5-9-25(20,23)24/h6-7,10,12,15,21H,3-5,8-9,11H2,1-2H3,(H,19,22)/t12-,15+/m1/s1. The SMILES string of the molecule is CC[C@@H](C)[C@H](CO)NC(=O)c1ccc(Cl)c(N2CCCCS2(=O)=O)c1. The van der Waals surface area contributed by atoms with Crippen molar-refractivity contribution in [3.63, 3.8) is 0 Å². The van der Waals surface area contributed by atoms with Crippen molar-refractivity contribution in [2.75, 3.05) is 23.2 Å². The van der Waals surface area contributed by atoms with Gasteiger partial charge < -0.3 is 10.4 Å². The van der Waals surface area contributed by atoms with Crippen LogP contribution in [0.4, 0.5) is 5.69 Å². The van der Waals surface area contributed by atoms with Gasteiger partial charge in [-0.05, 0) is 37.0 Å². The summed E-state index contributed by atoms with van der Waals surface area (Å²) in [4.78, 5) is 12.5. The maximum absolute atomic E-state index is 12.5. The zero-order valence-electron chi connectivity index (χ0n) is 14.5. The molecule has 0 bridgehead atoms. The Morgan fingerprint density at radius 3 is 2.72 bits per heavy atom. The van der Waals surface area contributed by atoms with Crippen LogP contribution in [0.3, 0.4) is 0 Å². The van der Waals surface area contributed by atoms with E-state index in [-0.39, 0.29) is 30.2 Å². The average molecular weight is 389 g/mol. The Kier molecular flexibility index (Phi) is 6.71. The number of nitrogens with one attached hydrogen (secondary N) is 1. The van der Waals surface area contributed by atoms with Crippen molar-refractivity contribution < 1.29 is 18.3 Å². The number of hydrogen-bond acceptors (Lipinski definition) is 4. The topological polar surface area (TPSA) is 86.7 Å². The second kappa shape index (κ2) is 8.38. The number of aliphatic hydroxyl groups is 1. The van der Waals surface area contributed by atoms with Crippen LogP contribution in [0.2, 0.25) is 5.02 Å². The van der Waals surface area contributed by atoms with Gasteiger partial charge in [0, 0.05) is 12.1 Å². The number of benzene rings is 1. The molecule has 2 rings (SSSR count). The van der Waals surface area contributed by atoms with E-state index >= 15 is 0 Å². The van der Waals surface area contributed by atoms with Crippen molar-refractivity contribution in [1.29, 1.82) is 0 Å². The van der Waals surface area contributed by atoms with Gasteiger partial charge in [0.25, 0.3) is 5.91 Å². The number of aliphatic hydroxyl groups excluding tert-OH is 1. The zero-order chi connectivity index (χ0) is 18.6. The number of nitrogens with zero attached hydrogens (tertiary/aromatic N) is 1. The van der Waals surface area contributed by atoms with Crippen LogP contribution in [0.25, 0.3) is 0 Å². The molecule has 1 aromatic rings. The van der Waals surface area contributed by atoms with Crippen molar-refractivity contribution >= 4 is 33.2 Å². The van der Waals surface area contributed by atoms with Crippen LogP contribution in [-0.2, 0) is 10.0 Å². The molecule has 0 saturated carbocycles. The third kappa shape index (κ3) is 4.65. The van der Waals surface area contributed by atoms with Gasteiger partial charge in [-0.2, -0.15) is 0 Å². The van der Waals surface area contributed by atoms with E-state index in [0.29, 0.717) is 29.2 Å². The Morgan fingerprint density at radius 2 is 2.12 bits per heavy atom. The third-order valence-electron chi connectivity index (χ3n) is 4.67. The van der Waals surface area contributed by atoms with Gasteiger partial charge in [0.2, 0.25) is 10.0 Å². The Balaban J connectivity index is 2.27. The summed E-state index contributed by atoms with van der Waals surface area (Å²) in [6.45, 7) is 4.15. The number of carbonyl (C=O) groups excluding carboxylic acids is 1. The van der Waals surface area contributed by atoms with Gasteiger partial charge in [-0.15, -0.1) is 0 Å². The summed E-state index contributed by atoms with van der Waals surface area (Å²) in [6.07, 6.45) is 2.21. The van der Waals surface area contributed by atoms with Gasteiger partial charge in [0.15, 0.2) is 0 Å². The molecule has 0 radical (unpaired) electrons. The molecule has 2 N–H and O–H groups in total. The second-order valence-corrected chi connectivity index (χ2v) is 8.83. The molecule has 0 aromatic heterocycles. The minimum atomic E-state index is -3.41. The molecule has 2 atom stereocenters. The lowest BCUT2D eigenvalue weighted by Gasteiger charge is -2.29. The monoisotopic (exact) mass is 388 g/mol. The molecule has 0 spiro atoms. The summed E-state index contributed by atoms with van der Waals surface area (Å²) in [5.41, 5.74) is 0.653. The molecule has 1 aliphatic rings. The number of hydrogen-bond donors (Lipinski definition) is 2. The molecule has 0 aliphatic carbocycles. The molecule has 140 valence electrons. The second-order valence-electron chi connectivity index (χ2n) is 6.41. The van der Waals surface area contributed by atoms with Gasteiger partial charge in [0.05, 0.1) is 29.1 Å². The van der Waals surface area contributed by atoms with E-state index in [9.17, 15) is 18.3 Å². The molecule has 1 aliphatic heterocycles. The Bertz CT molecular complexity index is 723. The molecule has 0 unspecified atom stereocenters. The summed E-state index contributed by atoms with van der Waals surface area (Å²) >= 11 is 6.19. The first-order valence-corrected chi connectivity index (χ1v) is 10.5. The number of carbonyl (C=O) groups is 1. The van der Waals surface area contributed by atoms with E-state index in [0.717, 1.165) is 12.8 Å². The lowest BCUT2D eigenvalue weighted by atomic mass is 9.99. The van der Waals surface area contributed by atoms with Crippen LogP contribution in [0.5, 0.6) is 0 Å². The number of anilines is 1. The van der Waals surface area contributed by atoms with E-state index in [1.165, 1.54) is 16.4 Å². The highest BCUT2D eigenvalue weighted by molar-refractivity contribution is 7.92. The maximum Gasteiger partial charge on any atom is 0.251 e. The van der Waals surface area contributed by atoms with Crippen molar-refractivity contribution in [2.45, 2.75) is 39.2 Å². The summed E-state index contributed by atoms with van der Waals surface area (Å²) < 4.78 is 25.9. The first-order chi connectivity index (χ1) is 11.8. The minimum Gasteiger partial charge on any atom is -0.394 e. The van der Waals surface area contributed by atoms with Gasteiger partial charge in [-0.25, -0.2) is 8.42 Å². The molecule has 1 saturated heterocycles. The van der Waals surface area contributed by atoms with Crippen LogP contribution < -0.4 is 9.62 Å². The van der Waals surface area contributed by atoms with Gasteiger partial charge in [-0.3, -0.25) is 9.10 Å². The highest BCUT2D eigenvalue weighted by Crippen LogP contribution is 2.31. The Labute approximate surface area is 154 Å². The maximum atomic E-state index is 12.5. The van der Waals surface area contributed by atoms with E-state index in [1.807, 2.05) is 13.8 Å². The van der Waals surface area contributed by atoms with Crippen molar-refractivity contribution in [3.05, 3.63) is 28.8 Å². The summed E-state index contributed by atoms with van der Waals surface area (Å²) in [7, 11) is -3.41. The predicted molar refractivity (Wildman–Crippen MR) is 99.6 cm³/mol. The molecular weight excluding hydrogens is 364 g/mol. The zero-order valence-corrected chi connectivity index (χ0v) is 16.1. The average Bonchev–Trinajstić information content (AvgIpc) is 2.59. The highest BCUT2D eigenvalue weighted by Gasteiger charge is 2.28. The molecule has 8 heteroatoms. The molecule has 1 aromatic carbocycles. The fourth-order valence-corrected chi connectivity index (χ4v) is 4.73. The van der Waals surface area contributed by atoms with Crippen LogP contribution in [-0.4, -0.2) is 44.4 Å². The van der Waals surface area contributed by atoms with Gasteiger partial charge >= 0.3 is 0 Å². The van der Waals surface area contributed by atoms with Crippen LogP contribution >= 0.6 is 11.6 Å². The van der Waals surface area contributed by atoms with Crippen molar-refractivity contribution in [3.8, 4) is 0 Å². The quantitative estimate of drug-likeness (QED) is 0.783. The van der Waals surface area contributed by atoms with Crippen LogP contribution in [0, 0.1) is 5.92 Å². The number of rotatable bonds is 6. The van der Waals surface area contributed by atoms with Crippen LogP contribution in [0.1, 0.15) is 43.5 Å². The summed E-state index contributed by atoms with van der Waals surface area (Å²) in [5.74, 6) is -0.143. The Morgan fingerprint density at radius 1 is 1.40 bits per heavy atom. The van der Waals surface area contributed by atoms with E-state index < -0.39 is 10.0 Å². The summed E-state index contributed by atoms with van der Waals surface area (Å²) in [6, 6.07) is 4.25. The highest BCUT2D eigenvalue weighted by atomic mass is 35.5. The fourth-order valence-electron chi connectivity index (χ4n) is 2.81. The number of amides is 1. The normalized spacial score (nSPS) is 19.3. The number of halogens is 1. The largest absolute Gasteiger partial charge is 0.394 e. The van der Waals surface area contributed by atoms with Crippen molar-refractivity contribution in [2.24, 2.45) is 5.92 Å². The Hall–Kier alpha value is -1.31. The predicted octanol–water partition coefficient (Wildman–Crippen LogP) is 2.41.